The molecule has 0 atom stereocenters. The lowest BCUT2D eigenvalue weighted by Crippen LogP contribution is -2.02. The topological polar surface area (TPSA) is 50.1 Å². The summed E-state index contributed by atoms with van der Waals surface area (Å²) in [7, 11) is 0. The van der Waals surface area contributed by atoms with E-state index in [-0.39, 0.29) is 11.3 Å². The Morgan fingerprint density at radius 1 is 0.524 bits per heavy atom. The Hall–Kier alpha value is -5.79. The molecule has 0 amide bonds. The summed E-state index contributed by atoms with van der Waals surface area (Å²) in [6.45, 7) is 0. The zero-order chi connectivity index (χ0) is 28.4. The standard InChI is InChI=1S/C38H20FNO2/c39-23-19-17-22(18-20-23)32(21-40)37-35(33-28-13-5-1-9-24(28)25-10-2-6-14-29(25)33)36(38(41)42-37)34-30-15-7-3-11-26(30)27-12-4-8-16-31(27)34/h1-20H. The predicted octanol–water partition coefficient (Wildman–Crippen LogP) is 8.58. The quantitative estimate of drug-likeness (QED) is 0.119. The van der Waals surface area contributed by atoms with Gasteiger partial charge in [0.2, 0.25) is 0 Å². The Morgan fingerprint density at radius 2 is 0.905 bits per heavy atom. The summed E-state index contributed by atoms with van der Waals surface area (Å²) in [5.74, 6) is -0.755. The highest BCUT2D eigenvalue weighted by Gasteiger charge is 2.42. The van der Waals surface area contributed by atoms with Gasteiger partial charge in [0.15, 0.2) is 5.76 Å². The van der Waals surface area contributed by atoms with Crippen molar-refractivity contribution in [3.63, 3.8) is 0 Å². The number of nitrogens with zero attached hydrogens (tertiary/aromatic N) is 1. The fourth-order valence-electron chi connectivity index (χ4n) is 6.49. The van der Waals surface area contributed by atoms with Crippen LogP contribution in [0.1, 0.15) is 27.8 Å². The smallest absolute Gasteiger partial charge is 0.345 e. The summed E-state index contributed by atoms with van der Waals surface area (Å²) >= 11 is 0. The number of ether oxygens (including phenoxy) is 1. The molecule has 4 heteroatoms. The van der Waals surface area contributed by atoms with Gasteiger partial charge in [0.05, 0.1) is 5.57 Å². The fourth-order valence-corrected chi connectivity index (χ4v) is 6.49. The lowest BCUT2D eigenvalue weighted by atomic mass is 9.86. The van der Waals surface area contributed by atoms with E-state index in [1.807, 2.05) is 72.8 Å². The maximum atomic E-state index is 14.2. The second-order valence-corrected chi connectivity index (χ2v) is 10.4. The van der Waals surface area contributed by atoms with Gasteiger partial charge in [-0.25, -0.2) is 9.18 Å². The van der Waals surface area contributed by atoms with Crippen molar-refractivity contribution in [3.8, 4) is 28.3 Å². The van der Waals surface area contributed by atoms with Crippen LogP contribution in [0.25, 0.3) is 39.0 Å². The Kier molecular flexibility index (Phi) is 5.22. The second kappa shape index (κ2) is 9.12. The third-order valence-electron chi connectivity index (χ3n) is 8.21. The van der Waals surface area contributed by atoms with Crippen LogP contribution < -0.4 is 0 Å². The van der Waals surface area contributed by atoms with E-state index in [1.54, 1.807) is 12.1 Å². The number of halogens is 1. The zero-order valence-electron chi connectivity index (χ0n) is 22.2. The number of nitriles is 1. The number of carbonyl (C=O) groups excluding carboxylic acids is 1. The lowest BCUT2D eigenvalue weighted by Gasteiger charge is -2.13. The molecular weight excluding hydrogens is 521 g/mol. The van der Waals surface area contributed by atoms with Crippen LogP contribution in [0.5, 0.6) is 0 Å². The van der Waals surface area contributed by atoms with Crippen LogP contribution in [0.2, 0.25) is 0 Å². The van der Waals surface area contributed by atoms with E-state index in [9.17, 15) is 14.4 Å². The number of hydrogen-bond acceptors (Lipinski definition) is 3. The molecule has 0 radical (unpaired) electrons. The average Bonchev–Trinajstić information content (AvgIpc) is 3.65. The number of cyclic esters (lactones) is 1. The van der Waals surface area contributed by atoms with Crippen molar-refractivity contribution in [2.24, 2.45) is 0 Å². The van der Waals surface area contributed by atoms with Crippen molar-refractivity contribution >= 4 is 22.7 Å². The normalized spacial score (nSPS) is 15.6. The van der Waals surface area contributed by atoms with E-state index in [4.69, 9.17) is 4.74 Å². The first kappa shape index (κ1) is 24.0. The van der Waals surface area contributed by atoms with Crippen LogP contribution in [0.3, 0.4) is 0 Å². The minimum Gasteiger partial charge on any atom is -0.421 e. The SMILES string of the molecule is N#CC(=C1OC(=O)C(=C2c3ccccc3-c3ccccc32)C1=C1c2ccccc2-c2ccccc21)c1ccc(F)cc1. The molecule has 5 aromatic rings. The molecule has 0 unspecified atom stereocenters. The molecule has 1 saturated heterocycles. The molecule has 1 fully saturated rings. The van der Waals surface area contributed by atoms with Crippen LogP contribution >= 0.6 is 0 Å². The molecule has 2 aliphatic carbocycles. The maximum Gasteiger partial charge on any atom is 0.345 e. The van der Waals surface area contributed by atoms with Gasteiger partial charge in [-0.1, -0.05) is 109 Å². The van der Waals surface area contributed by atoms with Crippen molar-refractivity contribution < 1.29 is 13.9 Å². The summed E-state index contributed by atoms with van der Waals surface area (Å²) in [5, 5.41) is 10.5. The van der Waals surface area contributed by atoms with Crippen molar-refractivity contribution in [2.75, 3.05) is 0 Å². The van der Waals surface area contributed by atoms with Crippen molar-refractivity contribution in [3.05, 3.63) is 172 Å². The average molecular weight is 542 g/mol. The number of hydrogen-bond donors (Lipinski definition) is 0. The third-order valence-corrected chi connectivity index (χ3v) is 8.21. The molecule has 8 rings (SSSR count). The van der Waals surface area contributed by atoms with E-state index in [1.165, 1.54) is 12.1 Å². The van der Waals surface area contributed by atoms with Crippen LogP contribution in [0, 0.1) is 17.1 Å². The summed E-state index contributed by atoms with van der Waals surface area (Å²) in [4.78, 5) is 14.2. The molecule has 42 heavy (non-hydrogen) atoms. The Morgan fingerprint density at radius 3 is 1.31 bits per heavy atom. The van der Waals surface area contributed by atoms with E-state index < -0.39 is 11.8 Å². The molecule has 3 aliphatic rings. The zero-order valence-corrected chi connectivity index (χ0v) is 22.2. The predicted molar refractivity (Wildman–Crippen MR) is 161 cm³/mol. The number of esters is 1. The van der Waals surface area contributed by atoms with Crippen molar-refractivity contribution in [1.82, 2.24) is 0 Å². The largest absolute Gasteiger partial charge is 0.421 e. The molecule has 0 saturated carbocycles. The molecule has 0 N–H and O–H groups in total. The van der Waals surface area contributed by atoms with E-state index in [0.29, 0.717) is 16.7 Å². The monoisotopic (exact) mass is 541 g/mol. The molecule has 0 aromatic heterocycles. The van der Waals surface area contributed by atoms with Crippen LogP contribution in [0.15, 0.2) is 138 Å². The number of rotatable bonds is 1. The van der Waals surface area contributed by atoms with Crippen molar-refractivity contribution in [1.29, 1.82) is 5.26 Å². The first-order valence-electron chi connectivity index (χ1n) is 13.7. The lowest BCUT2D eigenvalue weighted by molar-refractivity contribution is -0.132. The third kappa shape index (κ3) is 3.34. The highest BCUT2D eigenvalue weighted by Crippen LogP contribution is 2.55. The second-order valence-electron chi connectivity index (χ2n) is 10.4. The van der Waals surface area contributed by atoms with Crippen LogP contribution in [-0.2, 0) is 9.53 Å². The van der Waals surface area contributed by atoms with Gasteiger partial charge in [-0.15, -0.1) is 0 Å². The molecule has 196 valence electrons. The summed E-state index contributed by atoms with van der Waals surface area (Å²) < 4.78 is 20.0. The minimum atomic E-state index is -0.522. The Bertz CT molecular complexity index is 2050. The Labute approximate surface area is 241 Å². The maximum absolute atomic E-state index is 14.2. The first-order chi connectivity index (χ1) is 20.7. The molecule has 5 aromatic carbocycles. The van der Waals surface area contributed by atoms with Crippen LogP contribution in [-0.4, -0.2) is 5.97 Å². The highest BCUT2D eigenvalue weighted by atomic mass is 19.1. The molecule has 1 heterocycles. The number of carbonyl (C=O) groups is 1. The molecule has 0 bridgehead atoms. The number of benzene rings is 5. The van der Waals surface area contributed by atoms with E-state index in [0.717, 1.165) is 55.7 Å². The molecule has 0 spiro atoms. The van der Waals surface area contributed by atoms with Gasteiger partial charge in [0.1, 0.15) is 17.5 Å². The molecule has 3 nitrogen and oxygen atoms in total. The molecular formula is C38H20FNO2. The summed E-state index contributed by atoms with van der Waals surface area (Å²) in [6, 6.07) is 40.2. The number of fused-ring (bicyclic) bond motifs is 6. The van der Waals surface area contributed by atoms with E-state index in [2.05, 4.69) is 30.3 Å². The van der Waals surface area contributed by atoms with Gasteiger partial charge in [0, 0.05) is 16.7 Å². The summed E-state index contributed by atoms with van der Waals surface area (Å²) in [5.41, 5.74) is 11.2. The highest BCUT2D eigenvalue weighted by molar-refractivity contribution is 6.20. The van der Waals surface area contributed by atoms with Gasteiger partial charge in [-0.05, 0) is 62.2 Å². The Balaban J connectivity index is 1.57. The van der Waals surface area contributed by atoms with Gasteiger partial charge in [-0.2, -0.15) is 5.26 Å². The number of allylic oxidation sites excluding steroid dienone is 2. The minimum absolute atomic E-state index is 0.169. The van der Waals surface area contributed by atoms with Crippen LogP contribution in [0.4, 0.5) is 4.39 Å². The van der Waals surface area contributed by atoms with Gasteiger partial charge >= 0.3 is 5.97 Å². The fraction of sp³-hybridized carbons (Fsp3) is 0. The first-order valence-corrected chi connectivity index (χ1v) is 13.7. The molecule has 1 aliphatic heterocycles. The van der Waals surface area contributed by atoms with Gasteiger partial charge in [0.25, 0.3) is 0 Å². The van der Waals surface area contributed by atoms with Crippen molar-refractivity contribution in [2.45, 2.75) is 0 Å². The van der Waals surface area contributed by atoms with E-state index >= 15 is 0 Å². The summed E-state index contributed by atoms with van der Waals surface area (Å²) in [6.07, 6.45) is 0. The van der Waals surface area contributed by atoms with Gasteiger partial charge in [-0.3, -0.25) is 0 Å². The van der Waals surface area contributed by atoms with Gasteiger partial charge < -0.3 is 4.74 Å².